The molecule has 2 N–H and O–H groups in total. The largest absolute Gasteiger partial charge is 0.497 e. The Kier molecular flexibility index (Phi) is 6.93. The molecular weight excluding hydrogens is 362 g/mol. The molecule has 0 spiro atoms. The van der Waals surface area contributed by atoms with E-state index >= 15 is 0 Å². The highest BCUT2D eigenvalue weighted by Crippen LogP contribution is 2.17. The van der Waals surface area contributed by atoms with Gasteiger partial charge in [0.1, 0.15) is 17.4 Å². The average Bonchev–Trinajstić information content (AvgIpc) is 2.66. The van der Waals surface area contributed by atoms with Crippen LogP contribution in [0.2, 0.25) is 0 Å². The molecule has 1 heterocycles. The zero-order valence-corrected chi connectivity index (χ0v) is 15.9. The van der Waals surface area contributed by atoms with Gasteiger partial charge in [-0.15, -0.1) is 0 Å². The number of carbonyl (C=O) groups excluding carboxylic acids is 2. The number of benzene rings is 1. The van der Waals surface area contributed by atoms with Crippen LogP contribution in [-0.4, -0.2) is 30.6 Å². The van der Waals surface area contributed by atoms with Crippen LogP contribution in [0.1, 0.15) is 28.8 Å². The van der Waals surface area contributed by atoms with Crippen molar-refractivity contribution in [2.24, 2.45) is 0 Å². The average molecular weight is 383 g/mol. The maximum atomic E-state index is 12.0. The second kappa shape index (κ2) is 9.37. The van der Waals surface area contributed by atoms with Crippen LogP contribution in [0.25, 0.3) is 0 Å². The molecule has 0 aliphatic carbocycles. The van der Waals surface area contributed by atoms with Gasteiger partial charge in [0, 0.05) is 23.9 Å². The number of nitrogens with one attached hydrogen (secondary N) is 2. The fourth-order valence-electron chi connectivity index (χ4n) is 2.76. The molecule has 0 saturated carbocycles. The number of pyridine rings is 1. The SMILES string of the molecule is COc1cccc(NC(=O)COC(=O)CCc2c(C)[nH]c(=O)c(C#N)c2C)c1. The summed E-state index contributed by atoms with van der Waals surface area (Å²) in [6.07, 6.45) is 0.310. The highest BCUT2D eigenvalue weighted by atomic mass is 16.5. The summed E-state index contributed by atoms with van der Waals surface area (Å²) in [6.45, 7) is 2.96. The predicted octanol–water partition coefficient (Wildman–Crippen LogP) is 1.99. The van der Waals surface area contributed by atoms with Crippen LogP contribution in [0.3, 0.4) is 0 Å². The van der Waals surface area contributed by atoms with Crippen LogP contribution < -0.4 is 15.6 Å². The van der Waals surface area contributed by atoms with E-state index < -0.39 is 24.0 Å². The van der Waals surface area contributed by atoms with E-state index in [0.29, 0.717) is 34.7 Å². The molecule has 0 fully saturated rings. The number of carbonyl (C=O) groups is 2. The second-order valence-corrected chi connectivity index (χ2v) is 6.11. The number of aryl methyl sites for hydroxylation is 1. The third-order valence-electron chi connectivity index (χ3n) is 4.22. The lowest BCUT2D eigenvalue weighted by molar-refractivity contribution is -0.147. The minimum absolute atomic E-state index is 0.0189. The summed E-state index contributed by atoms with van der Waals surface area (Å²) in [5.41, 5.74) is 1.99. The van der Waals surface area contributed by atoms with E-state index in [2.05, 4.69) is 10.3 Å². The van der Waals surface area contributed by atoms with Gasteiger partial charge in [-0.25, -0.2) is 0 Å². The van der Waals surface area contributed by atoms with Crippen molar-refractivity contribution in [1.82, 2.24) is 4.98 Å². The molecule has 0 aliphatic heterocycles. The topological polar surface area (TPSA) is 121 Å². The van der Waals surface area contributed by atoms with Crippen molar-refractivity contribution >= 4 is 17.6 Å². The first-order valence-electron chi connectivity index (χ1n) is 8.57. The summed E-state index contributed by atoms with van der Waals surface area (Å²) in [5.74, 6) is -0.424. The quantitative estimate of drug-likeness (QED) is 0.705. The summed E-state index contributed by atoms with van der Waals surface area (Å²) >= 11 is 0. The van der Waals surface area contributed by atoms with Crippen molar-refractivity contribution in [1.29, 1.82) is 5.26 Å². The van der Waals surface area contributed by atoms with Crippen LogP contribution in [0.15, 0.2) is 29.1 Å². The number of esters is 1. The number of hydrogen-bond acceptors (Lipinski definition) is 6. The minimum atomic E-state index is -0.552. The number of rotatable bonds is 7. The van der Waals surface area contributed by atoms with Gasteiger partial charge >= 0.3 is 5.97 Å². The van der Waals surface area contributed by atoms with Gasteiger partial charge in [-0.2, -0.15) is 5.26 Å². The number of aromatic nitrogens is 1. The molecular formula is C20H21N3O5. The fourth-order valence-corrected chi connectivity index (χ4v) is 2.76. The van der Waals surface area contributed by atoms with E-state index in [4.69, 9.17) is 14.7 Å². The zero-order valence-electron chi connectivity index (χ0n) is 15.9. The van der Waals surface area contributed by atoms with Crippen molar-refractivity contribution in [3.8, 4) is 11.8 Å². The molecule has 1 aromatic carbocycles. The van der Waals surface area contributed by atoms with Gasteiger partial charge in [0.05, 0.1) is 7.11 Å². The molecule has 1 amide bonds. The van der Waals surface area contributed by atoms with Crippen LogP contribution in [0, 0.1) is 25.2 Å². The van der Waals surface area contributed by atoms with E-state index in [-0.39, 0.29) is 12.0 Å². The summed E-state index contributed by atoms with van der Waals surface area (Å²) in [4.78, 5) is 38.2. The summed E-state index contributed by atoms with van der Waals surface area (Å²) in [7, 11) is 1.52. The number of aromatic amines is 1. The van der Waals surface area contributed by atoms with Crippen molar-refractivity contribution < 1.29 is 19.1 Å². The molecule has 28 heavy (non-hydrogen) atoms. The lowest BCUT2D eigenvalue weighted by atomic mass is 9.99. The Hall–Kier alpha value is -3.60. The summed E-state index contributed by atoms with van der Waals surface area (Å²) in [5, 5.41) is 11.7. The monoisotopic (exact) mass is 383 g/mol. The Balaban J connectivity index is 1.89. The number of nitrogens with zero attached hydrogens (tertiary/aromatic N) is 1. The second-order valence-electron chi connectivity index (χ2n) is 6.11. The maximum Gasteiger partial charge on any atom is 0.306 e. The normalized spacial score (nSPS) is 10.1. The smallest absolute Gasteiger partial charge is 0.306 e. The predicted molar refractivity (Wildman–Crippen MR) is 102 cm³/mol. The number of methoxy groups -OCH3 is 1. The lowest BCUT2D eigenvalue weighted by Gasteiger charge is -2.11. The Morgan fingerprint density at radius 2 is 2.04 bits per heavy atom. The Morgan fingerprint density at radius 1 is 1.29 bits per heavy atom. The Morgan fingerprint density at radius 3 is 2.71 bits per heavy atom. The van der Waals surface area contributed by atoms with Crippen molar-refractivity contribution in [2.45, 2.75) is 26.7 Å². The minimum Gasteiger partial charge on any atom is -0.497 e. The molecule has 0 aliphatic rings. The van der Waals surface area contributed by atoms with E-state index in [0.717, 1.165) is 0 Å². The molecule has 0 bridgehead atoms. The molecule has 8 heteroatoms. The van der Waals surface area contributed by atoms with Gasteiger partial charge in [0.2, 0.25) is 0 Å². The number of anilines is 1. The van der Waals surface area contributed by atoms with Crippen LogP contribution in [-0.2, 0) is 20.7 Å². The van der Waals surface area contributed by atoms with Gasteiger partial charge in [0.25, 0.3) is 11.5 Å². The van der Waals surface area contributed by atoms with Crippen LogP contribution in [0.4, 0.5) is 5.69 Å². The molecule has 1 aromatic heterocycles. The Labute approximate surface area is 162 Å². The summed E-state index contributed by atoms with van der Waals surface area (Å²) < 4.78 is 10.1. The third-order valence-corrected chi connectivity index (χ3v) is 4.22. The van der Waals surface area contributed by atoms with E-state index in [1.165, 1.54) is 7.11 Å². The van der Waals surface area contributed by atoms with E-state index in [9.17, 15) is 14.4 Å². The van der Waals surface area contributed by atoms with Crippen molar-refractivity contribution in [2.75, 3.05) is 19.0 Å². The highest BCUT2D eigenvalue weighted by molar-refractivity contribution is 5.92. The number of hydrogen-bond donors (Lipinski definition) is 2. The molecule has 146 valence electrons. The number of nitriles is 1. The molecule has 0 radical (unpaired) electrons. The molecule has 0 atom stereocenters. The maximum absolute atomic E-state index is 12.0. The van der Waals surface area contributed by atoms with E-state index in [1.807, 2.05) is 6.07 Å². The molecule has 8 nitrogen and oxygen atoms in total. The first kappa shape index (κ1) is 20.7. The summed E-state index contributed by atoms with van der Waals surface area (Å²) in [6, 6.07) is 8.68. The Bertz CT molecular complexity index is 988. The molecule has 2 aromatic rings. The number of H-pyrrole nitrogens is 1. The molecule has 0 unspecified atom stereocenters. The van der Waals surface area contributed by atoms with Crippen LogP contribution in [0.5, 0.6) is 5.75 Å². The number of ether oxygens (including phenoxy) is 2. The van der Waals surface area contributed by atoms with E-state index in [1.54, 1.807) is 38.1 Å². The van der Waals surface area contributed by atoms with Crippen LogP contribution >= 0.6 is 0 Å². The van der Waals surface area contributed by atoms with Gasteiger partial charge in [-0.05, 0) is 43.5 Å². The lowest BCUT2D eigenvalue weighted by Crippen LogP contribution is -2.21. The number of amides is 1. The zero-order chi connectivity index (χ0) is 20.7. The van der Waals surface area contributed by atoms with Gasteiger partial charge < -0.3 is 19.8 Å². The first-order chi connectivity index (χ1) is 13.3. The van der Waals surface area contributed by atoms with Gasteiger partial charge in [0.15, 0.2) is 6.61 Å². The fraction of sp³-hybridized carbons (Fsp3) is 0.300. The molecule has 0 saturated heterocycles. The third kappa shape index (κ3) is 5.20. The van der Waals surface area contributed by atoms with Crippen molar-refractivity contribution in [3.63, 3.8) is 0 Å². The molecule has 2 rings (SSSR count). The highest BCUT2D eigenvalue weighted by Gasteiger charge is 2.14. The van der Waals surface area contributed by atoms with Crippen molar-refractivity contribution in [3.05, 3.63) is 57.0 Å². The van der Waals surface area contributed by atoms with Gasteiger partial charge in [-0.1, -0.05) is 6.07 Å². The first-order valence-corrected chi connectivity index (χ1v) is 8.57. The standard InChI is InChI=1S/C20H21N3O5/c1-12-16(13(2)22-20(26)17(12)10-21)7-8-19(25)28-11-18(24)23-14-5-4-6-15(9-14)27-3/h4-6,9H,7-8,11H2,1-3H3,(H,22,26)(H,23,24). The van der Waals surface area contributed by atoms with Gasteiger partial charge in [-0.3, -0.25) is 14.4 Å².